The fraction of sp³-hybridized carbons (Fsp3) is 0.357. The molecule has 0 unspecified atom stereocenters. The summed E-state index contributed by atoms with van der Waals surface area (Å²) in [7, 11) is 0. The normalized spacial score (nSPS) is 11.7. The summed E-state index contributed by atoms with van der Waals surface area (Å²) in [6.07, 6.45) is 2.91. The molecule has 5 N–H and O–H groups in total. The zero-order chi connectivity index (χ0) is 13.5. The van der Waals surface area contributed by atoms with Gasteiger partial charge in [-0.1, -0.05) is 0 Å². The van der Waals surface area contributed by atoms with E-state index in [2.05, 4.69) is 44.9 Å². The zero-order valence-corrected chi connectivity index (χ0v) is 11.2. The van der Waals surface area contributed by atoms with Gasteiger partial charge in [0.05, 0.1) is 0 Å². The molecule has 0 aliphatic heterocycles. The Morgan fingerprint density at radius 3 is 3.11 bits per heavy atom. The summed E-state index contributed by atoms with van der Waals surface area (Å²) in [6.45, 7) is 4.43. The van der Waals surface area contributed by atoms with Crippen molar-refractivity contribution in [1.82, 2.24) is 10.3 Å². The Labute approximate surface area is 113 Å². The molecule has 0 radical (unpaired) electrons. The van der Waals surface area contributed by atoms with Crippen molar-refractivity contribution in [2.24, 2.45) is 10.7 Å². The van der Waals surface area contributed by atoms with Crippen LogP contribution in [-0.2, 0) is 0 Å². The maximum atomic E-state index is 5.64. The van der Waals surface area contributed by atoms with Crippen LogP contribution in [0.25, 0.3) is 10.9 Å². The van der Waals surface area contributed by atoms with E-state index in [9.17, 15) is 0 Å². The minimum absolute atomic E-state index is 0.524. The van der Waals surface area contributed by atoms with Crippen LogP contribution in [0, 0.1) is 0 Å². The smallest absolute Gasteiger partial charge is 0.188 e. The molecule has 0 bridgehead atoms. The summed E-state index contributed by atoms with van der Waals surface area (Å²) < 4.78 is 0. The van der Waals surface area contributed by atoms with Crippen LogP contribution in [0.4, 0.5) is 5.69 Å². The third-order valence-electron chi connectivity index (χ3n) is 2.86. The highest BCUT2D eigenvalue weighted by atomic mass is 15.1. The predicted octanol–water partition coefficient (Wildman–Crippen LogP) is 1.89. The molecule has 0 spiro atoms. The molecule has 0 saturated heterocycles. The summed E-state index contributed by atoms with van der Waals surface area (Å²) in [6, 6.07) is 8.37. The number of guanidine groups is 1. The van der Waals surface area contributed by atoms with Gasteiger partial charge in [0.15, 0.2) is 5.96 Å². The SMILES string of the molecule is CCNC(N)=NCCCNc1ccc2[nH]ccc2c1. The van der Waals surface area contributed by atoms with Gasteiger partial charge in [0.25, 0.3) is 0 Å². The van der Waals surface area contributed by atoms with E-state index in [1.54, 1.807) is 0 Å². The van der Waals surface area contributed by atoms with E-state index in [1.807, 2.05) is 13.1 Å². The number of rotatable bonds is 6. The van der Waals surface area contributed by atoms with E-state index in [-0.39, 0.29) is 0 Å². The molecule has 0 aliphatic rings. The van der Waals surface area contributed by atoms with E-state index in [0.29, 0.717) is 5.96 Å². The lowest BCUT2D eigenvalue weighted by atomic mass is 10.2. The van der Waals surface area contributed by atoms with Crippen molar-refractivity contribution in [3.8, 4) is 0 Å². The van der Waals surface area contributed by atoms with Crippen LogP contribution >= 0.6 is 0 Å². The van der Waals surface area contributed by atoms with Gasteiger partial charge < -0.3 is 21.4 Å². The largest absolute Gasteiger partial charge is 0.385 e. The number of aromatic amines is 1. The van der Waals surface area contributed by atoms with E-state index < -0.39 is 0 Å². The molecule has 5 nitrogen and oxygen atoms in total. The van der Waals surface area contributed by atoms with Gasteiger partial charge in [-0.25, -0.2) is 0 Å². The number of anilines is 1. The van der Waals surface area contributed by atoms with Crippen LogP contribution in [-0.4, -0.2) is 30.6 Å². The molecule has 2 aromatic rings. The average molecular weight is 259 g/mol. The van der Waals surface area contributed by atoms with Gasteiger partial charge in [-0.3, -0.25) is 4.99 Å². The lowest BCUT2D eigenvalue weighted by Crippen LogP contribution is -2.31. The third kappa shape index (κ3) is 3.91. The summed E-state index contributed by atoms with van der Waals surface area (Å²) in [5.41, 5.74) is 7.94. The highest BCUT2D eigenvalue weighted by molar-refractivity contribution is 5.82. The molecule has 1 aromatic heterocycles. The maximum Gasteiger partial charge on any atom is 0.188 e. The van der Waals surface area contributed by atoms with E-state index in [4.69, 9.17) is 5.73 Å². The second-order valence-electron chi connectivity index (χ2n) is 4.36. The first-order valence-electron chi connectivity index (χ1n) is 6.64. The molecule has 102 valence electrons. The van der Waals surface area contributed by atoms with Crippen LogP contribution in [0.1, 0.15) is 13.3 Å². The lowest BCUT2D eigenvalue weighted by molar-refractivity contribution is 0.854. The van der Waals surface area contributed by atoms with Crippen molar-refractivity contribution < 1.29 is 0 Å². The topological polar surface area (TPSA) is 78.2 Å². The molecule has 0 saturated carbocycles. The van der Waals surface area contributed by atoms with E-state index >= 15 is 0 Å². The molecule has 2 rings (SSSR count). The Morgan fingerprint density at radius 1 is 1.37 bits per heavy atom. The first-order valence-corrected chi connectivity index (χ1v) is 6.64. The summed E-state index contributed by atoms with van der Waals surface area (Å²) in [5.74, 6) is 0.524. The quantitative estimate of drug-likeness (QED) is 0.363. The van der Waals surface area contributed by atoms with E-state index in [0.717, 1.165) is 37.3 Å². The molecule has 1 aromatic carbocycles. The molecule has 19 heavy (non-hydrogen) atoms. The number of aromatic nitrogens is 1. The Kier molecular flexibility index (Phi) is 4.66. The van der Waals surface area contributed by atoms with Crippen molar-refractivity contribution in [2.45, 2.75) is 13.3 Å². The van der Waals surface area contributed by atoms with Crippen molar-refractivity contribution in [3.05, 3.63) is 30.5 Å². The summed E-state index contributed by atoms with van der Waals surface area (Å²) in [4.78, 5) is 7.41. The van der Waals surface area contributed by atoms with Crippen LogP contribution in [0.2, 0.25) is 0 Å². The molecule has 1 heterocycles. The molecule has 0 aliphatic carbocycles. The Morgan fingerprint density at radius 2 is 2.26 bits per heavy atom. The number of nitrogens with one attached hydrogen (secondary N) is 3. The Hall–Kier alpha value is -2.17. The molecular weight excluding hydrogens is 238 g/mol. The zero-order valence-electron chi connectivity index (χ0n) is 11.2. The number of fused-ring (bicyclic) bond motifs is 1. The highest BCUT2D eigenvalue weighted by Crippen LogP contribution is 2.17. The van der Waals surface area contributed by atoms with Gasteiger partial charge in [-0.2, -0.15) is 0 Å². The second-order valence-corrected chi connectivity index (χ2v) is 4.36. The molecule has 0 atom stereocenters. The number of H-pyrrole nitrogens is 1. The number of hydrogen-bond acceptors (Lipinski definition) is 2. The first kappa shape index (κ1) is 13.3. The second kappa shape index (κ2) is 6.68. The average Bonchev–Trinajstić information content (AvgIpc) is 2.86. The van der Waals surface area contributed by atoms with Gasteiger partial charge in [0.2, 0.25) is 0 Å². The summed E-state index contributed by atoms with van der Waals surface area (Å²) in [5, 5.41) is 7.58. The summed E-state index contributed by atoms with van der Waals surface area (Å²) >= 11 is 0. The fourth-order valence-corrected chi connectivity index (χ4v) is 1.91. The molecule has 5 heteroatoms. The molecular formula is C14H21N5. The van der Waals surface area contributed by atoms with Gasteiger partial charge in [0, 0.05) is 42.4 Å². The van der Waals surface area contributed by atoms with E-state index in [1.165, 1.54) is 5.39 Å². The first-order chi connectivity index (χ1) is 9.29. The molecule has 0 amide bonds. The monoisotopic (exact) mass is 259 g/mol. The van der Waals surface area contributed by atoms with Crippen molar-refractivity contribution in [1.29, 1.82) is 0 Å². The number of nitrogens with two attached hydrogens (primary N) is 1. The van der Waals surface area contributed by atoms with Crippen molar-refractivity contribution in [2.75, 3.05) is 25.0 Å². The van der Waals surface area contributed by atoms with Crippen LogP contribution in [0.3, 0.4) is 0 Å². The van der Waals surface area contributed by atoms with Gasteiger partial charge in [-0.15, -0.1) is 0 Å². The number of aliphatic imine (C=N–C) groups is 1. The standard InChI is InChI=1S/C14H21N5/c1-2-16-14(15)19-8-3-7-17-12-4-5-13-11(10-12)6-9-18-13/h4-6,9-10,17-18H,2-3,7-8H2,1H3,(H3,15,16,19). The van der Waals surface area contributed by atoms with Crippen LogP contribution in [0.15, 0.2) is 35.5 Å². The number of nitrogens with zero attached hydrogens (tertiary/aromatic N) is 1. The fourth-order valence-electron chi connectivity index (χ4n) is 1.91. The van der Waals surface area contributed by atoms with Crippen LogP contribution < -0.4 is 16.4 Å². The Bertz CT molecular complexity index is 544. The minimum atomic E-state index is 0.524. The predicted molar refractivity (Wildman–Crippen MR) is 81.6 cm³/mol. The Balaban J connectivity index is 1.75. The van der Waals surface area contributed by atoms with Crippen molar-refractivity contribution >= 4 is 22.5 Å². The number of hydrogen-bond donors (Lipinski definition) is 4. The minimum Gasteiger partial charge on any atom is -0.385 e. The van der Waals surface area contributed by atoms with Gasteiger partial charge in [-0.05, 0) is 37.6 Å². The van der Waals surface area contributed by atoms with Gasteiger partial charge in [0.1, 0.15) is 0 Å². The van der Waals surface area contributed by atoms with Crippen LogP contribution in [0.5, 0.6) is 0 Å². The highest BCUT2D eigenvalue weighted by Gasteiger charge is 1.96. The maximum absolute atomic E-state index is 5.64. The third-order valence-corrected chi connectivity index (χ3v) is 2.86. The van der Waals surface area contributed by atoms with Crippen molar-refractivity contribution in [3.63, 3.8) is 0 Å². The number of benzene rings is 1. The lowest BCUT2D eigenvalue weighted by Gasteiger charge is -2.06. The van der Waals surface area contributed by atoms with Gasteiger partial charge >= 0.3 is 0 Å². The molecule has 0 fully saturated rings.